The van der Waals surface area contributed by atoms with Crippen molar-refractivity contribution in [3.8, 4) is 5.75 Å². The Morgan fingerprint density at radius 2 is 2.26 bits per heavy atom. The molecule has 106 valence electrons. The first-order valence-corrected chi connectivity index (χ1v) is 7.49. The third-order valence-electron chi connectivity index (χ3n) is 3.74. The van der Waals surface area contributed by atoms with Crippen LogP contribution in [-0.4, -0.2) is 18.1 Å². The van der Waals surface area contributed by atoms with Gasteiger partial charge in [0.25, 0.3) is 0 Å². The van der Waals surface area contributed by atoms with Gasteiger partial charge in [0.15, 0.2) is 0 Å². The molecule has 0 aromatic carbocycles. The van der Waals surface area contributed by atoms with Crippen molar-refractivity contribution in [1.29, 1.82) is 0 Å². The third kappa shape index (κ3) is 3.47. The van der Waals surface area contributed by atoms with Crippen LogP contribution in [0, 0.1) is 5.92 Å². The zero-order valence-electron chi connectivity index (χ0n) is 12.4. The molecule has 0 spiro atoms. The SMILES string of the molecule is CCCOc1cncc(C2(CC(C)C)CCCN2)c1. The van der Waals surface area contributed by atoms with E-state index in [1.807, 2.05) is 12.4 Å². The first-order chi connectivity index (χ1) is 9.16. The van der Waals surface area contributed by atoms with Crippen LogP contribution >= 0.6 is 0 Å². The van der Waals surface area contributed by atoms with E-state index in [1.54, 1.807) is 0 Å². The molecule has 1 aromatic rings. The quantitative estimate of drug-likeness (QED) is 0.852. The van der Waals surface area contributed by atoms with Crippen molar-refractivity contribution < 1.29 is 4.74 Å². The summed E-state index contributed by atoms with van der Waals surface area (Å²) >= 11 is 0. The average Bonchev–Trinajstić information content (AvgIpc) is 2.85. The van der Waals surface area contributed by atoms with Gasteiger partial charge in [0, 0.05) is 11.7 Å². The van der Waals surface area contributed by atoms with Gasteiger partial charge >= 0.3 is 0 Å². The summed E-state index contributed by atoms with van der Waals surface area (Å²) < 4.78 is 5.72. The van der Waals surface area contributed by atoms with E-state index in [2.05, 4.69) is 37.1 Å². The van der Waals surface area contributed by atoms with Crippen LogP contribution in [0.25, 0.3) is 0 Å². The molecular formula is C16H26N2O. The van der Waals surface area contributed by atoms with Crippen molar-refractivity contribution >= 4 is 0 Å². The Kier molecular flexibility index (Phi) is 4.81. The van der Waals surface area contributed by atoms with Gasteiger partial charge in [0.1, 0.15) is 5.75 Å². The molecule has 1 N–H and O–H groups in total. The van der Waals surface area contributed by atoms with Gasteiger partial charge in [-0.3, -0.25) is 4.98 Å². The molecule has 0 amide bonds. The minimum Gasteiger partial charge on any atom is -0.492 e. The van der Waals surface area contributed by atoms with E-state index in [1.165, 1.54) is 18.4 Å². The molecule has 1 saturated heterocycles. The van der Waals surface area contributed by atoms with Crippen molar-refractivity contribution in [2.45, 2.75) is 52.0 Å². The number of rotatable bonds is 6. The zero-order chi connectivity index (χ0) is 13.7. The molecular weight excluding hydrogens is 236 g/mol. The Bertz CT molecular complexity index is 397. The minimum atomic E-state index is 0.104. The Balaban J connectivity index is 2.21. The molecule has 0 aliphatic carbocycles. The molecule has 2 rings (SSSR count). The number of nitrogens with one attached hydrogen (secondary N) is 1. The molecule has 1 aliphatic heterocycles. The maximum atomic E-state index is 5.72. The summed E-state index contributed by atoms with van der Waals surface area (Å²) in [4.78, 5) is 4.37. The molecule has 3 heteroatoms. The lowest BCUT2D eigenvalue weighted by Gasteiger charge is -2.32. The largest absolute Gasteiger partial charge is 0.492 e. The predicted octanol–water partition coefficient (Wildman–Crippen LogP) is 3.50. The maximum Gasteiger partial charge on any atom is 0.137 e. The lowest BCUT2D eigenvalue weighted by molar-refractivity contribution is 0.299. The molecule has 1 atom stereocenters. The topological polar surface area (TPSA) is 34.1 Å². The molecule has 0 saturated carbocycles. The Morgan fingerprint density at radius 3 is 2.89 bits per heavy atom. The highest BCUT2D eigenvalue weighted by atomic mass is 16.5. The smallest absolute Gasteiger partial charge is 0.137 e. The minimum absolute atomic E-state index is 0.104. The zero-order valence-corrected chi connectivity index (χ0v) is 12.4. The van der Waals surface area contributed by atoms with Crippen LogP contribution in [0.4, 0.5) is 0 Å². The van der Waals surface area contributed by atoms with Crippen LogP contribution in [0.2, 0.25) is 0 Å². The van der Waals surface area contributed by atoms with Crippen LogP contribution in [0.1, 0.15) is 52.0 Å². The van der Waals surface area contributed by atoms with Gasteiger partial charge in [-0.25, -0.2) is 0 Å². The van der Waals surface area contributed by atoms with Crippen molar-refractivity contribution in [2.75, 3.05) is 13.2 Å². The summed E-state index contributed by atoms with van der Waals surface area (Å²) in [5.74, 6) is 1.57. The molecule has 1 fully saturated rings. The van der Waals surface area contributed by atoms with E-state index < -0.39 is 0 Å². The first-order valence-electron chi connectivity index (χ1n) is 7.49. The van der Waals surface area contributed by atoms with E-state index in [4.69, 9.17) is 4.74 Å². The molecule has 3 nitrogen and oxygen atoms in total. The lowest BCUT2D eigenvalue weighted by Crippen LogP contribution is -2.38. The van der Waals surface area contributed by atoms with E-state index in [0.717, 1.165) is 31.7 Å². The molecule has 1 aliphatic rings. The molecule has 1 aromatic heterocycles. The van der Waals surface area contributed by atoms with Gasteiger partial charge in [-0.15, -0.1) is 0 Å². The monoisotopic (exact) mass is 262 g/mol. The average molecular weight is 262 g/mol. The summed E-state index contributed by atoms with van der Waals surface area (Å²) in [6.45, 7) is 8.55. The van der Waals surface area contributed by atoms with Crippen molar-refractivity contribution in [2.24, 2.45) is 5.92 Å². The predicted molar refractivity (Wildman–Crippen MR) is 78.4 cm³/mol. The number of hydrogen-bond donors (Lipinski definition) is 1. The third-order valence-corrected chi connectivity index (χ3v) is 3.74. The van der Waals surface area contributed by atoms with Gasteiger partial charge in [-0.1, -0.05) is 20.8 Å². The van der Waals surface area contributed by atoms with Gasteiger partial charge in [-0.05, 0) is 49.8 Å². The van der Waals surface area contributed by atoms with Crippen LogP contribution in [0.5, 0.6) is 5.75 Å². The summed E-state index contributed by atoms with van der Waals surface area (Å²) in [5.41, 5.74) is 1.39. The molecule has 0 radical (unpaired) electrons. The lowest BCUT2D eigenvalue weighted by atomic mass is 9.82. The van der Waals surface area contributed by atoms with Gasteiger partial charge < -0.3 is 10.1 Å². The highest BCUT2D eigenvalue weighted by Crippen LogP contribution is 2.37. The number of nitrogens with zero attached hydrogens (tertiary/aromatic N) is 1. The fourth-order valence-electron chi connectivity index (χ4n) is 3.02. The number of hydrogen-bond acceptors (Lipinski definition) is 3. The van der Waals surface area contributed by atoms with Crippen LogP contribution < -0.4 is 10.1 Å². The van der Waals surface area contributed by atoms with Crippen molar-refractivity contribution in [3.05, 3.63) is 24.0 Å². The fourth-order valence-corrected chi connectivity index (χ4v) is 3.02. The van der Waals surface area contributed by atoms with E-state index >= 15 is 0 Å². The molecule has 0 bridgehead atoms. The van der Waals surface area contributed by atoms with Crippen molar-refractivity contribution in [3.63, 3.8) is 0 Å². The number of ether oxygens (including phenoxy) is 1. The molecule has 1 unspecified atom stereocenters. The van der Waals surface area contributed by atoms with E-state index in [-0.39, 0.29) is 5.54 Å². The van der Waals surface area contributed by atoms with E-state index in [0.29, 0.717) is 5.92 Å². The second-order valence-electron chi connectivity index (χ2n) is 5.97. The Morgan fingerprint density at radius 1 is 1.42 bits per heavy atom. The second kappa shape index (κ2) is 6.38. The summed E-state index contributed by atoms with van der Waals surface area (Å²) in [6.07, 6.45) is 8.44. The highest BCUT2D eigenvalue weighted by molar-refractivity contribution is 5.30. The Labute approximate surface area is 116 Å². The number of pyridine rings is 1. The molecule has 19 heavy (non-hydrogen) atoms. The van der Waals surface area contributed by atoms with Crippen molar-refractivity contribution in [1.82, 2.24) is 10.3 Å². The van der Waals surface area contributed by atoms with Crippen LogP contribution in [0.3, 0.4) is 0 Å². The highest BCUT2D eigenvalue weighted by Gasteiger charge is 2.36. The van der Waals surface area contributed by atoms with Gasteiger partial charge in [0.05, 0.1) is 12.8 Å². The first kappa shape index (κ1) is 14.3. The van der Waals surface area contributed by atoms with E-state index in [9.17, 15) is 0 Å². The van der Waals surface area contributed by atoms with Gasteiger partial charge in [-0.2, -0.15) is 0 Å². The normalized spacial score (nSPS) is 22.9. The van der Waals surface area contributed by atoms with Gasteiger partial charge in [0.2, 0.25) is 0 Å². The molecule has 2 heterocycles. The Hall–Kier alpha value is -1.09. The van der Waals surface area contributed by atoms with Crippen LogP contribution in [0.15, 0.2) is 18.5 Å². The second-order valence-corrected chi connectivity index (χ2v) is 5.97. The summed E-state index contributed by atoms with van der Waals surface area (Å²) in [6, 6.07) is 2.17. The fraction of sp³-hybridized carbons (Fsp3) is 0.688. The number of aromatic nitrogens is 1. The standard InChI is InChI=1S/C16H26N2O/c1-4-8-19-15-9-14(11-17-12-15)16(10-13(2)3)6-5-7-18-16/h9,11-13,18H,4-8,10H2,1-3H3. The maximum absolute atomic E-state index is 5.72. The van der Waals surface area contributed by atoms with Crippen LogP contribution in [-0.2, 0) is 5.54 Å². The summed E-state index contributed by atoms with van der Waals surface area (Å²) in [7, 11) is 0. The summed E-state index contributed by atoms with van der Waals surface area (Å²) in [5, 5.41) is 3.71.